The smallest absolute Gasteiger partial charge is 0.0197 e. The van der Waals surface area contributed by atoms with Crippen molar-refractivity contribution in [1.29, 1.82) is 0 Å². The van der Waals surface area contributed by atoms with Crippen LogP contribution in [-0.4, -0.2) is 0 Å². The van der Waals surface area contributed by atoms with Crippen LogP contribution in [-0.2, 0) is 0 Å². The summed E-state index contributed by atoms with van der Waals surface area (Å²) in [6.45, 7) is 4.86. The van der Waals surface area contributed by atoms with Gasteiger partial charge in [-0.25, -0.2) is 0 Å². The Labute approximate surface area is 94.1 Å². The molecule has 0 saturated heterocycles. The van der Waals surface area contributed by atoms with Crippen molar-refractivity contribution in [3.8, 4) is 0 Å². The molecule has 3 aliphatic carbocycles. The van der Waals surface area contributed by atoms with Crippen molar-refractivity contribution in [1.82, 2.24) is 0 Å². The zero-order chi connectivity index (χ0) is 10.4. The fraction of sp³-hybridized carbons (Fsp3) is 0.867. The van der Waals surface area contributed by atoms with Gasteiger partial charge in [-0.1, -0.05) is 32.4 Å². The maximum absolute atomic E-state index is 2.53. The highest BCUT2D eigenvalue weighted by molar-refractivity contribution is 5.11. The molecule has 2 bridgehead atoms. The number of hydrogen-bond acceptors (Lipinski definition) is 0. The van der Waals surface area contributed by atoms with E-state index >= 15 is 0 Å². The minimum atomic E-state index is 0.969. The van der Waals surface area contributed by atoms with Gasteiger partial charge in [0.25, 0.3) is 0 Å². The summed E-state index contributed by atoms with van der Waals surface area (Å²) in [6, 6.07) is 0. The zero-order valence-corrected chi connectivity index (χ0v) is 10.2. The molecule has 0 aromatic rings. The van der Waals surface area contributed by atoms with Crippen LogP contribution < -0.4 is 0 Å². The van der Waals surface area contributed by atoms with Gasteiger partial charge in [0.05, 0.1) is 0 Å². The minimum Gasteiger partial charge on any atom is -0.0851 e. The molecule has 6 atom stereocenters. The molecule has 0 heterocycles. The standard InChI is InChI=1S/C15H24/c1-3-12-9-14(6-10(12)2)15-8-11-4-5-13(15)7-11/h4-5,10-15H,3,6-9H2,1-2H3. The Kier molecular flexibility index (Phi) is 2.41. The molecule has 0 aliphatic heterocycles. The second-order valence-electron chi connectivity index (χ2n) is 6.32. The van der Waals surface area contributed by atoms with Gasteiger partial charge in [0.15, 0.2) is 0 Å². The topological polar surface area (TPSA) is 0 Å². The summed E-state index contributed by atoms with van der Waals surface area (Å²) in [6.07, 6.45) is 12.5. The fourth-order valence-corrected chi connectivity index (χ4v) is 4.67. The monoisotopic (exact) mass is 204 g/mol. The second kappa shape index (κ2) is 3.64. The van der Waals surface area contributed by atoms with Crippen LogP contribution in [0.25, 0.3) is 0 Å². The van der Waals surface area contributed by atoms with E-state index in [0.717, 1.165) is 35.5 Å². The quantitative estimate of drug-likeness (QED) is 0.589. The summed E-state index contributed by atoms with van der Waals surface area (Å²) in [5, 5.41) is 0. The van der Waals surface area contributed by atoms with Gasteiger partial charge in [0.2, 0.25) is 0 Å². The molecule has 0 amide bonds. The largest absolute Gasteiger partial charge is 0.0851 e. The highest BCUT2D eigenvalue weighted by atomic mass is 14.5. The first-order valence-electron chi connectivity index (χ1n) is 6.96. The van der Waals surface area contributed by atoms with Gasteiger partial charge in [-0.3, -0.25) is 0 Å². The summed E-state index contributed by atoms with van der Waals surface area (Å²) in [5.41, 5.74) is 0. The van der Waals surface area contributed by atoms with Crippen molar-refractivity contribution in [3.05, 3.63) is 12.2 Å². The molecule has 2 saturated carbocycles. The van der Waals surface area contributed by atoms with Crippen molar-refractivity contribution in [2.24, 2.45) is 35.5 Å². The average Bonchev–Trinajstić information content (AvgIpc) is 2.90. The van der Waals surface area contributed by atoms with Crippen LogP contribution in [0.15, 0.2) is 12.2 Å². The molecule has 0 N–H and O–H groups in total. The van der Waals surface area contributed by atoms with Gasteiger partial charge in [0.1, 0.15) is 0 Å². The molecule has 2 fully saturated rings. The van der Waals surface area contributed by atoms with E-state index < -0.39 is 0 Å². The molecule has 0 nitrogen and oxygen atoms in total. The molecule has 0 radical (unpaired) electrons. The van der Waals surface area contributed by atoms with Crippen LogP contribution in [0, 0.1) is 35.5 Å². The van der Waals surface area contributed by atoms with Crippen LogP contribution in [0.3, 0.4) is 0 Å². The first-order valence-corrected chi connectivity index (χ1v) is 6.96. The lowest BCUT2D eigenvalue weighted by Crippen LogP contribution is -2.16. The van der Waals surface area contributed by atoms with E-state index in [1.807, 2.05) is 0 Å². The Morgan fingerprint density at radius 2 is 1.93 bits per heavy atom. The van der Waals surface area contributed by atoms with E-state index in [1.165, 1.54) is 25.7 Å². The number of rotatable bonds is 2. The van der Waals surface area contributed by atoms with Gasteiger partial charge in [-0.15, -0.1) is 0 Å². The third kappa shape index (κ3) is 1.57. The molecule has 0 aromatic heterocycles. The van der Waals surface area contributed by atoms with E-state index in [2.05, 4.69) is 26.0 Å². The molecule has 0 heteroatoms. The fourth-order valence-electron chi connectivity index (χ4n) is 4.67. The highest BCUT2D eigenvalue weighted by Gasteiger charge is 2.43. The van der Waals surface area contributed by atoms with Crippen LogP contribution in [0.2, 0.25) is 0 Å². The lowest BCUT2D eigenvalue weighted by atomic mass is 9.80. The molecule has 84 valence electrons. The maximum atomic E-state index is 2.53. The molecule has 3 rings (SSSR count). The van der Waals surface area contributed by atoms with Gasteiger partial charge in [0, 0.05) is 0 Å². The van der Waals surface area contributed by atoms with Gasteiger partial charge in [-0.2, -0.15) is 0 Å². The van der Waals surface area contributed by atoms with Gasteiger partial charge >= 0.3 is 0 Å². The second-order valence-corrected chi connectivity index (χ2v) is 6.32. The summed E-state index contributed by atoms with van der Waals surface area (Å²) < 4.78 is 0. The Bertz CT molecular complexity index is 265. The van der Waals surface area contributed by atoms with Crippen molar-refractivity contribution in [2.75, 3.05) is 0 Å². The van der Waals surface area contributed by atoms with Crippen LogP contribution in [0.4, 0.5) is 0 Å². The Morgan fingerprint density at radius 1 is 1.07 bits per heavy atom. The molecule has 3 aliphatic rings. The van der Waals surface area contributed by atoms with Gasteiger partial charge in [-0.05, 0) is 61.2 Å². The summed E-state index contributed by atoms with van der Waals surface area (Å²) in [4.78, 5) is 0. The van der Waals surface area contributed by atoms with Crippen molar-refractivity contribution >= 4 is 0 Å². The molecular formula is C15H24. The number of hydrogen-bond donors (Lipinski definition) is 0. The van der Waals surface area contributed by atoms with E-state index in [-0.39, 0.29) is 0 Å². The van der Waals surface area contributed by atoms with E-state index in [1.54, 1.807) is 6.42 Å². The molecule has 15 heavy (non-hydrogen) atoms. The Hall–Kier alpha value is -0.260. The predicted molar refractivity (Wildman–Crippen MR) is 64.5 cm³/mol. The maximum Gasteiger partial charge on any atom is -0.0197 e. The highest BCUT2D eigenvalue weighted by Crippen LogP contribution is 2.53. The molecule has 0 spiro atoms. The Morgan fingerprint density at radius 3 is 2.47 bits per heavy atom. The van der Waals surface area contributed by atoms with Gasteiger partial charge < -0.3 is 0 Å². The van der Waals surface area contributed by atoms with Crippen molar-refractivity contribution < 1.29 is 0 Å². The van der Waals surface area contributed by atoms with Crippen molar-refractivity contribution in [2.45, 2.75) is 46.0 Å². The molecular weight excluding hydrogens is 180 g/mol. The third-order valence-electron chi connectivity index (χ3n) is 5.54. The van der Waals surface area contributed by atoms with Crippen LogP contribution in [0.5, 0.6) is 0 Å². The van der Waals surface area contributed by atoms with E-state index in [0.29, 0.717) is 0 Å². The number of allylic oxidation sites excluding steroid dienone is 2. The summed E-state index contributed by atoms with van der Waals surface area (Å²) in [5.74, 6) is 6.13. The molecule has 6 unspecified atom stereocenters. The normalized spacial score (nSPS) is 52.9. The van der Waals surface area contributed by atoms with Crippen LogP contribution in [0.1, 0.15) is 46.0 Å². The predicted octanol–water partition coefficient (Wildman–Crippen LogP) is 4.27. The zero-order valence-electron chi connectivity index (χ0n) is 10.2. The SMILES string of the molecule is CCC1CC(C2CC3C=CC2C3)CC1C. The first kappa shape index (κ1) is 9.93. The van der Waals surface area contributed by atoms with E-state index in [4.69, 9.17) is 0 Å². The number of fused-ring (bicyclic) bond motifs is 2. The lowest BCUT2D eigenvalue weighted by molar-refractivity contribution is 0.282. The van der Waals surface area contributed by atoms with Crippen molar-refractivity contribution in [3.63, 3.8) is 0 Å². The first-order chi connectivity index (χ1) is 7.28. The lowest BCUT2D eigenvalue weighted by Gasteiger charge is -2.25. The average molecular weight is 204 g/mol. The minimum absolute atomic E-state index is 0.969. The summed E-state index contributed by atoms with van der Waals surface area (Å²) in [7, 11) is 0. The third-order valence-corrected chi connectivity index (χ3v) is 5.54. The Balaban J connectivity index is 1.67. The van der Waals surface area contributed by atoms with Crippen LogP contribution >= 0.6 is 0 Å². The summed E-state index contributed by atoms with van der Waals surface area (Å²) >= 11 is 0. The van der Waals surface area contributed by atoms with E-state index in [9.17, 15) is 0 Å². The molecule has 0 aromatic carbocycles.